The molecule has 19 heteroatoms. The quantitative estimate of drug-likeness (QED) is 0.0222. The molecule has 0 fully saturated rings. The predicted octanol–water partition coefficient (Wildman–Crippen LogP) is 23.5. The molecule has 2 unspecified atom stereocenters. The molecule has 0 bridgehead atoms. The Balaban J connectivity index is 5.21. The van der Waals surface area contributed by atoms with Crippen LogP contribution >= 0.6 is 15.6 Å². The standard InChI is InChI=1S/C79H154O17P2/c1-7-9-11-13-15-17-19-21-23-24-25-26-27-28-29-31-33-37-45-51-57-63-78(83)95-74(67-89-76(81)61-55-49-43-36-32-30-22-20-18-16-14-12-10-8-2)69-93-97(85,86)91-65-73(80)66-92-98(87,88)94-70-75(68-90-77(82)62-56-50-44-40-39-42-48-54-60-72(5)6)96-79(84)64-58-52-46-38-34-35-41-47-53-59-71(3)4/h71-75,80H,7-70H2,1-6H3,(H,85,86)(H,87,88)/t73-,74-,75-/m1/s1. The minimum absolute atomic E-state index is 0.105. The maximum Gasteiger partial charge on any atom is 0.472 e. The van der Waals surface area contributed by atoms with Gasteiger partial charge in [-0.25, -0.2) is 9.13 Å². The molecule has 3 N–H and O–H groups in total. The summed E-state index contributed by atoms with van der Waals surface area (Å²) in [7, 11) is -9.92. The van der Waals surface area contributed by atoms with Gasteiger partial charge in [0.1, 0.15) is 19.3 Å². The number of esters is 4. The molecule has 0 amide bonds. The summed E-state index contributed by atoms with van der Waals surface area (Å²) in [5, 5.41) is 10.6. The van der Waals surface area contributed by atoms with Gasteiger partial charge >= 0.3 is 39.5 Å². The zero-order valence-corrected chi connectivity index (χ0v) is 65.9. The summed E-state index contributed by atoms with van der Waals surface area (Å²) in [6.07, 6.45) is 59.8. The fraction of sp³-hybridized carbons (Fsp3) is 0.949. The maximum atomic E-state index is 13.1. The van der Waals surface area contributed by atoms with Crippen LogP contribution in [0.15, 0.2) is 0 Å². The van der Waals surface area contributed by atoms with Gasteiger partial charge in [-0.3, -0.25) is 37.3 Å². The van der Waals surface area contributed by atoms with Gasteiger partial charge in [0.05, 0.1) is 26.4 Å². The van der Waals surface area contributed by atoms with E-state index in [9.17, 15) is 43.2 Å². The Morgan fingerprint density at radius 3 is 0.694 bits per heavy atom. The number of carbonyl (C=O) groups is 4. The van der Waals surface area contributed by atoms with Crippen LogP contribution in [0.5, 0.6) is 0 Å². The molecule has 0 radical (unpaired) electrons. The Hall–Kier alpha value is -1.94. The second-order valence-corrected chi connectivity index (χ2v) is 32.3. The highest BCUT2D eigenvalue weighted by Gasteiger charge is 2.30. The van der Waals surface area contributed by atoms with Gasteiger partial charge in [0.25, 0.3) is 0 Å². The van der Waals surface area contributed by atoms with Crippen molar-refractivity contribution in [1.29, 1.82) is 0 Å². The number of phosphoric acid groups is 2. The van der Waals surface area contributed by atoms with E-state index in [1.807, 2.05) is 0 Å². The minimum Gasteiger partial charge on any atom is -0.462 e. The van der Waals surface area contributed by atoms with Crippen molar-refractivity contribution in [3.8, 4) is 0 Å². The molecule has 98 heavy (non-hydrogen) atoms. The lowest BCUT2D eigenvalue weighted by atomic mass is 10.0. The monoisotopic (exact) mass is 1440 g/mol. The third-order valence-corrected chi connectivity index (χ3v) is 20.4. The average Bonchev–Trinajstić information content (AvgIpc) is 1.31. The zero-order chi connectivity index (χ0) is 72.1. The van der Waals surface area contributed by atoms with Crippen molar-refractivity contribution < 1.29 is 80.2 Å². The van der Waals surface area contributed by atoms with Gasteiger partial charge in [0.2, 0.25) is 0 Å². The molecule has 0 aliphatic carbocycles. The highest BCUT2D eigenvalue weighted by atomic mass is 31.2. The number of hydrogen-bond donors (Lipinski definition) is 3. The second-order valence-electron chi connectivity index (χ2n) is 29.4. The van der Waals surface area contributed by atoms with Crippen LogP contribution < -0.4 is 0 Å². The molecule has 5 atom stereocenters. The molecular formula is C79H154O17P2. The van der Waals surface area contributed by atoms with E-state index in [1.165, 1.54) is 231 Å². The molecule has 0 aromatic heterocycles. The predicted molar refractivity (Wildman–Crippen MR) is 400 cm³/mol. The summed E-state index contributed by atoms with van der Waals surface area (Å²) in [5.41, 5.74) is 0. The van der Waals surface area contributed by atoms with E-state index in [1.54, 1.807) is 0 Å². The van der Waals surface area contributed by atoms with Crippen LogP contribution in [0, 0.1) is 11.8 Å². The first kappa shape index (κ1) is 96.1. The second kappa shape index (κ2) is 70.7. The molecule has 0 aliphatic rings. The zero-order valence-electron chi connectivity index (χ0n) is 64.1. The Bertz CT molecular complexity index is 1890. The molecule has 17 nitrogen and oxygen atoms in total. The number of unbranched alkanes of at least 4 members (excludes halogenated alkanes) is 48. The van der Waals surface area contributed by atoms with E-state index >= 15 is 0 Å². The first-order chi connectivity index (χ1) is 47.4. The van der Waals surface area contributed by atoms with E-state index in [0.29, 0.717) is 25.7 Å². The van der Waals surface area contributed by atoms with E-state index in [0.717, 1.165) is 102 Å². The van der Waals surface area contributed by atoms with Crippen LogP contribution in [0.4, 0.5) is 0 Å². The molecule has 0 aliphatic heterocycles. The van der Waals surface area contributed by atoms with Gasteiger partial charge in [0.15, 0.2) is 12.2 Å². The highest BCUT2D eigenvalue weighted by molar-refractivity contribution is 7.47. The molecular weight excluding hydrogens is 1280 g/mol. The molecule has 0 saturated heterocycles. The van der Waals surface area contributed by atoms with E-state index in [-0.39, 0.29) is 25.7 Å². The normalized spacial score (nSPS) is 13.9. The van der Waals surface area contributed by atoms with Crippen molar-refractivity contribution >= 4 is 39.5 Å². The third kappa shape index (κ3) is 72.4. The first-order valence-electron chi connectivity index (χ1n) is 41.0. The summed E-state index contributed by atoms with van der Waals surface area (Å²) in [4.78, 5) is 72.9. The van der Waals surface area contributed by atoms with Gasteiger partial charge in [0, 0.05) is 25.7 Å². The van der Waals surface area contributed by atoms with E-state index < -0.39 is 97.5 Å². The third-order valence-electron chi connectivity index (χ3n) is 18.5. The number of ether oxygens (including phenoxy) is 4. The van der Waals surface area contributed by atoms with Crippen molar-refractivity contribution in [2.75, 3.05) is 39.6 Å². The fourth-order valence-electron chi connectivity index (χ4n) is 12.2. The molecule has 0 rings (SSSR count). The van der Waals surface area contributed by atoms with Crippen LogP contribution in [0.25, 0.3) is 0 Å². The highest BCUT2D eigenvalue weighted by Crippen LogP contribution is 2.45. The van der Waals surface area contributed by atoms with Crippen LogP contribution in [0.2, 0.25) is 0 Å². The Kier molecular flexibility index (Phi) is 69.3. The number of aliphatic hydroxyl groups is 1. The number of aliphatic hydroxyl groups excluding tert-OH is 1. The van der Waals surface area contributed by atoms with Gasteiger partial charge in [-0.1, -0.05) is 363 Å². The number of hydrogen-bond acceptors (Lipinski definition) is 15. The molecule has 582 valence electrons. The lowest BCUT2D eigenvalue weighted by molar-refractivity contribution is -0.161. The summed E-state index contributed by atoms with van der Waals surface area (Å²) >= 11 is 0. The molecule has 0 aromatic rings. The van der Waals surface area contributed by atoms with E-state index in [4.69, 9.17) is 37.0 Å². The van der Waals surface area contributed by atoms with Crippen LogP contribution in [-0.4, -0.2) is 96.7 Å². The summed E-state index contributed by atoms with van der Waals surface area (Å²) in [5.74, 6) is -0.650. The summed E-state index contributed by atoms with van der Waals surface area (Å²) in [6, 6.07) is 0. The molecule has 0 spiro atoms. The smallest absolute Gasteiger partial charge is 0.462 e. The van der Waals surface area contributed by atoms with Crippen molar-refractivity contribution in [2.24, 2.45) is 11.8 Å². The maximum absolute atomic E-state index is 13.1. The van der Waals surface area contributed by atoms with Crippen molar-refractivity contribution in [3.05, 3.63) is 0 Å². The van der Waals surface area contributed by atoms with Crippen LogP contribution in [-0.2, 0) is 65.4 Å². The molecule has 0 saturated carbocycles. The lowest BCUT2D eigenvalue weighted by Crippen LogP contribution is -2.30. The van der Waals surface area contributed by atoms with Crippen LogP contribution in [0.3, 0.4) is 0 Å². The minimum atomic E-state index is -4.96. The summed E-state index contributed by atoms with van der Waals surface area (Å²) in [6.45, 7) is 9.56. The topological polar surface area (TPSA) is 237 Å². The number of phosphoric ester groups is 2. The number of carbonyl (C=O) groups excluding carboxylic acids is 4. The summed E-state index contributed by atoms with van der Waals surface area (Å²) < 4.78 is 68.6. The largest absolute Gasteiger partial charge is 0.472 e. The average molecular weight is 1440 g/mol. The van der Waals surface area contributed by atoms with Gasteiger partial charge in [-0.05, 0) is 37.5 Å². The Morgan fingerprint density at radius 2 is 0.469 bits per heavy atom. The lowest BCUT2D eigenvalue weighted by Gasteiger charge is -2.21. The van der Waals surface area contributed by atoms with Crippen LogP contribution in [0.1, 0.15) is 414 Å². The van der Waals surface area contributed by atoms with Crippen molar-refractivity contribution in [2.45, 2.75) is 432 Å². The molecule has 0 aromatic carbocycles. The Morgan fingerprint density at radius 1 is 0.276 bits per heavy atom. The molecule has 0 heterocycles. The van der Waals surface area contributed by atoms with Gasteiger partial charge < -0.3 is 33.8 Å². The van der Waals surface area contributed by atoms with Crippen molar-refractivity contribution in [1.82, 2.24) is 0 Å². The van der Waals surface area contributed by atoms with Gasteiger partial charge in [-0.2, -0.15) is 0 Å². The number of rotatable bonds is 78. The fourth-order valence-corrected chi connectivity index (χ4v) is 13.8. The SMILES string of the molecule is CCCCCCCCCCCCCCCCCCCCCCCC(=O)O[C@H](COC(=O)CCCCCCCCCCCCCCCC)COP(=O)(O)OC[C@@H](O)COP(=O)(O)OC[C@@H](COC(=O)CCCCCCCCCCC(C)C)OC(=O)CCCCCCCCCCCC(C)C. The Labute approximate surface area is 600 Å². The first-order valence-corrected chi connectivity index (χ1v) is 44.0. The van der Waals surface area contributed by atoms with E-state index in [2.05, 4.69) is 41.5 Å². The van der Waals surface area contributed by atoms with Crippen molar-refractivity contribution in [3.63, 3.8) is 0 Å². The van der Waals surface area contributed by atoms with Gasteiger partial charge in [-0.15, -0.1) is 0 Å².